The normalized spacial score (nSPS) is 18.1. The van der Waals surface area contributed by atoms with Crippen molar-refractivity contribution in [1.82, 2.24) is 0 Å². The van der Waals surface area contributed by atoms with Crippen molar-refractivity contribution in [2.75, 3.05) is 0 Å². The van der Waals surface area contributed by atoms with Crippen LogP contribution < -0.4 is 0 Å². The molecule has 0 spiro atoms. The van der Waals surface area contributed by atoms with Gasteiger partial charge in [0.2, 0.25) is 0 Å². The minimum atomic E-state index is -0.292. The minimum absolute atomic E-state index is 0.0593. The van der Waals surface area contributed by atoms with E-state index in [4.69, 9.17) is 4.74 Å². The number of ether oxygens (including phenoxy) is 1. The maximum absolute atomic E-state index is 12.8. The Labute approximate surface area is 203 Å². The Morgan fingerprint density at radius 2 is 1.29 bits per heavy atom. The standard InChI is InChI=1S/C30H38O4/c31-26(15-7-9-17-29(19-20-29)27(32)25-13-5-2-6-14-25)16-8-10-18-30(21-22-30)28(33)34-23-24-11-3-1-4-12-24/h1-6,11-14,26,31H,7-10,15-23H2. The van der Waals surface area contributed by atoms with Crippen molar-refractivity contribution in [2.24, 2.45) is 10.8 Å². The topological polar surface area (TPSA) is 63.6 Å². The van der Waals surface area contributed by atoms with E-state index in [0.29, 0.717) is 12.4 Å². The van der Waals surface area contributed by atoms with Crippen molar-refractivity contribution in [3.63, 3.8) is 0 Å². The molecule has 4 nitrogen and oxygen atoms in total. The Bertz CT molecular complexity index is 929. The summed E-state index contributed by atoms with van der Waals surface area (Å²) in [5, 5.41) is 10.4. The number of hydrogen-bond donors (Lipinski definition) is 1. The van der Waals surface area contributed by atoms with E-state index in [9.17, 15) is 14.7 Å². The SMILES string of the molecule is O=C(OCc1ccccc1)C1(CCCCC(O)CCCCC2(C(=O)c3ccccc3)CC2)CC1. The van der Waals surface area contributed by atoms with E-state index in [-0.39, 0.29) is 22.9 Å². The number of rotatable bonds is 15. The summed E-state index contributed by atoms with van der Waals surface area (Å²) in [6.45, 7) is 0.346. The van der Waals surface area contributed by atoms with Crippen LogP contribution in [0.25, 0.3) is 0 Å². The summed E-state index contributed by atoms with van der Waals surface area (Å²) in [4.78, 5) is 25.3. The van der Waals surface area contributed by atoms with Gasteiger partial charge in [0.25, 0.3) is 0 Å². The van der Waals surface area contributed by atoms with Crippen molar-refractivity contribution in [2.45, 2.75) is 89.8 Å². The first-order valence-electron chi connectivity index (χ1n) is 13.0. The molecule has 0 aliphatic heterocycles. The van der Waals surface area contributed by atoms with Crippen LogP contribution >= 0.6 is 0 Å². The van der Waals surface area contributed by atoms with Crippen LogP contribution in [-0.4, -0.2) is 23.0 Å². The van der Waals surface area contributed by atoms with Gasteiger partial charge in [-0.05, 0) is 56.9 Å². The van der Waals surface area contributed by atoms with Gasteiger partial charge in [-0.3, -0.25) is 9.59 Å². The van der Waals surface area contributed by atoms with Gasteiger partial charge in [0.15, 0.2) is 5.78 Å². The highest BCUT2D eigenvalue weighted by molar-refractivity contribution is 6.02. The Kier molecular flexibility index (Phi) is 8.20. The fourth-order valence-electron chi connectivity index (χ4n) is 5.05. The molecule has 2 aliphatic rings. The van der Waals surface area contributed by atoms with E-state index in [1.165, 1.54) is 0 Å². The first-order valence-corrected chi connectivity index (χ1v) is 13.0. The number of esters is 1. The highest BCUT2D eigenvalue weighted by Crippen LogP contribution is 2.52. The van der Waals surface area contributed by atoms with Gasteiger partial charge in [-0.25, -0.2) is 0 Å². The third-order valence-corrected chi connectivity index (χ3v) is 7.76. The van der Waals surface area contributed by atoms with Crippen LogP contribution in [0.2, 0.25) is 0 Å². The summed E-state index contributed by atoms with van der Waals surface area (Å²) in [5.41, 5.74) is 1.44. The predicted molar refractivity (Wildman–Crippen MR) is 133 cm³/mol. The fourth-order valence-corrected chi connectivity index (χ4v) is 5.05. The molecule has 4 heteroatoms. The van der Waals surface area contributed by atoms with Gasteiger partial charge < -0.3 is 9.84 Å². The Hall–Kier alpha value is -2.46. The number of hydrogen-bond acceptors (Lipinski definition) is 4. The van der Waals surface area contributed by atoms with Crippen molar-refractivity contribution in [3.8, 4) is 0 Å². The lowest BCUT2D eigenvalue weighted by Crippen LogP contribution is -2.19. The molecule has 4 rings (SSSR count). The number of carbonyl (C=O) groups excluding carboxylic acids is 2. The monoisotopic (exact) mass is 462 g/mol. The number of aliphatic hydroxyl groups is 1. The molecule has 2 saturated carbocycles. The van der Waals surface area contributed by atoms with E-state index in [1.807, 2.05) is 60.7 Å². The van der Waals surface area contributed by atoms with Gasteiger partial charge in [-0.1, -0.05) is 86.3 Å². The molecule has 0 saturated heterocycles. The molecule has 0 heterocycles. The number of Topliss-reactive ketones (excluding diaryl/α,β-unsaturated/α-hetero) is 1. The highest BCUT2D eigenvalue weighted by atomic mass is 16.5. The molecule has 1 N–H and O–H groups in total. The molecule has 0 amide bonds. The molecule has 0 aromatic heterocycles. The van der Waals surface area contributed by atoms with Crippen molar-refractivity contribution >= 4 is 11.8 Å². The average Bonchev–Trinajstić information content (AvgIpc) is 3.80. The van der Waals surface area contributed by atoms with Crippen LogP contribution in [0, 0.1) is 10.8 Å². The lowest BCUT2D eigenvalue weighted by molar-refractivity contribution is -0.152. The maximum atomic E-state index is 12.8. The van der Waals surface area contributed by atoms with Crippen LogP contribution in [0.1, 0.15) is 93.0 Å². The third-order valence-electron chi connectivity index (χ3n) is 7.76. The third kappa shape index (κ3) is 6.56. The molecule has 182 valence electrons. The zero-order chi connectivity index (χ0) is 23.9. The molecule has 1 unspecified atom stereocenters. The first kappa shape index (κ1) is 24.7. The average molecular weight is 463 g/mol. The van der Waals surface area contributed by atoms with Crippen LogP contribution in [0.15, 0.2) is 60.7 Å². The molecule has 34 heavy (non-hydrogen) atoms. The lowest BCUT2D eigenvalue weighted by atomic mass is 9.89. The van der Waals surface area contributed by atoms with E-state index < -0.39 is 0 Å². The van der Waals surface area contributed by atoms with Crippen LogP contribution in [0.3, 0.4) is 0 Å². The fraction of sp³-hybridized carbons (Fsp3) is 0.533. The molecule has 2 fully saturated rings. The number of ketones is 1. The second-order valence-electron chi connectivity index (χ2n) is 10.5. The largest absolute Gasteiger partial charge is 0.460 e. The zero-order valence-electron chi connectivity index (χ0n) is 20.2. The zero-order valence-corrected chi connectivity index (χ0v) is 20.2. The number of carbonyl (C=O) groups is 2. The smallest absolute Gasteiger partial charge is 0.312 e. The van der Waals surface area contributed by atoms with Crippen molar-refractivity contribution in [3.05, 3.63) is 71.8 Å². The molecule has 0 bridgehead atoms. The van der Waals surface area contributed by atoms with Gasteiger partial charge in [-0.15, -0.1) is 0 Å². The van der Waals surface area contributed by atoms with Crippen LogP contribution in [-0.2, 0) is 16.1 Å². The summed E-state index contributed by atoms with van der Waals surface area (Å²) in [5.74, 6) is 0.237. The second kappa shape index (κ2) is 11.3. The number of unbranched alkanes of at least 4 members (excludes halogenated alkanes) is 2. The van der Waals surface area contributed by atoms with Crippen LogP contribution in [0.4, 0.5) is 0 Å². The summed E-state index contributed by atoms with van der Waals surface area (Å²) in [6, 6.07) is 19.4. The summed E-state index contributed by atoms with van der Waals surface area (Å²) >= 11 is 0. The number of aliphatic hydroxyl groups excluding tert-OH is 1. The van der Waals surface area contributed by atoms with Gasteiger partial charge in [0.05, 0.1) is 11.5 Å². The van der Waals surface area contributed by atoms with E-state index >= 15 is 0 Å². The van der Waals surface area contributed by atoms with Crippen LogP contribution in [0.5, 0.6) is 0 Å². The summed E-state index contributed by atoms with van der Waals surface area (Å²) < 4.78 is 5.56. The molecule has 2 aromatic carbocycles. The van der Waals surface area contributed by atoms with Gasteiger partial charge in [-0.2, -0.15) is 0 Å². The molecule has 2 aromatic rings. The highest BCUT2D eigenvalue weighted by Gasteiger charge is 2.50. The predicted octanol–water partition coefficient (Wildman–Crippen LogP) is 6.65. The van der Waals surface area contributed by atoms with Gasteiger partial charge >= 0.3 is 5.97 Å². The lowest BCUT2D eigenvalue weighted by Gasteiger charge is -2.16. The molecule has 0 radical (unpaired) electrons. The second-order valence-corrected chi connectivity index (χ2v) is 10.5. The van der Waals surface area contributed by atoms with E-state index in [2.05, 4.69) is 0 Å². The van der Waals surface area contributed by atoms with Gasteiger partial charge in [0, 0.05) is 11.0 Å². The Morgan fingerprint density at radius 3 is 1.85 bits per heavy atom. The molecular formula is C30H38O4. The van der Waals surface area contributed by atoms with Gasteiger partial charge in [0.1, 0.15) is 6.61 Å². The molecule has 2 aliphatic carbocycles. The quantitative estimate of drug-likeness (QED) is 0.183. The first-order chi connectivity index (χ1) is 16.5. The van der Waals surface area contributed by atoms with Crippen molar-refractivity contribution in [1.29, 1.82) is 0 Å². The maximum Gasteiger partial charge on any atom is 0.312 e. The minimum Gasteiger partial charge on any atom is -0.460 e. The Balaban J connectivity index is 1.07. The van der Waals surface area contributed by atoms with Crippen molar-refractivity contribution < 1.29 is 19.4 Å². The summed E-state index contributed by atoms with van der Waals surface area (Å²) in [6.07, 6.45) is 10.8. The number of benzene rings is 2. The Morgan fingerprint density at radius 1 is 0.765 bits per heavy atom. The molecular weight excluding hydrogens is 424 g/mol. The van der Waals surface area contributed by atoms with E-state index in [0.717, 1.165) is 88.2 Å². The summed E-state index contributed by atoms with van der Waals surface area (Å²) in [7, 11) is 0. The van der Waals surface area contributed by atoms with E-state index in [1.54, 1.807) is 0 Å². The molecule has 1 atom stereocenters.